The molecule has 6 nitrogen and oxygen atoms in total. The van der Waals surface area contributed by atoms with Crippen LogP contribution in [0.4, 0.5) is 10.1 Å². The molecule has 1 aromatic heterocycles. The number of carbonyl (C=O) groups is 1. The molecule has 1 aromatic carbocycles. The molecule has 1 aliphatic heterocycles. The van der Waals surface area contributed by atoms with Gasteiger partial charge in [-0.25, -0.2) is 14.1 Å². The summed E-state index contributed by atoms with van der Waals surface area (Å²) in [4.78, 5) is 15.9. The molecule has 1 fully saturated rings. The minimum Gasteiger partial charge on any atom is -0.326 e. The van der Waals surface area contributed by atoms with E-state index in [0.29, 0.717) is 17.3 Å². The second kappa shape index (κ2) is 6.85. The Morgan fingerprint density at radius 1 is 1.50 bits per heavy atom. The lowest BCUT2D eigenvalue weighted by Crippen LogP contribution is -2.48. The van der Waals surface area contributed by atoms with Gasteiger partial charge in [0, 0.05) is 11.6 Å². The van der Waals surface area contributed by atoms with Gasteiger partial charge in [-0.1, -0.05) is 6.92 Å². The zero-order valence-electron chi connectivity index (χ0n) is 12.0. The highest BCUT2D eigenvalue weighted by Crippen LogP contribution is 2.21. The lowest BCUT2D eigenvalue weighted by Gasteiger charge is -2.31. The highest BCUT2D eigenvalue weighted by Gasteiger charge is 2.28. The molecular formula is C14H17ClFN5O. The number of amides is 1. The molecule has 0 radical (unpaired) electrons. The zero-order chi connectivity index (χ0) is 14.8. The van der Waals surface area contributed by atoms with E-state index in [-0.39, 0.29) is 24.2 Å². The highest BCUT2D eigenvalue weighted by atomic mass is 35.5. The minimum absolute atomic E-state index is 0. The summed E-state index contributed by atoms with van der Waals surface area (Å²) in [6, 6.07) is 4.51. The largest absolute Gasteiger partial charge is 0.326 e. The Kier molecular flexibility index (Phi) is 5.10. The maximum Gasteiger partial charge on any atom is 0.227 e. The Labute approximate surface area is 133 Å². The number of nitrogens with zero attached hydrogens (tertiary/aromatic N) is 3. The number of hydrogen-bond donors (Lipinski definition) is 2. The number of carbonyl (C=O) groups excluding carboxylic acids is 1. The van der Waals surface area contributed by atoms with Gasteiger partial charge < -0.3 is 10.6 Å². The first-order chi connectivity index (χ1) is 10.1. The SMILES string of the molecule is CC(C(=O)Nc1ccc(-n2cncn2)c(F)c1)C1CNC1.Cl. The van der Waals surface area contributed by atoms with Gasteiger partial charge in [-0.3, -0.25) is 4.79 Å². The molecule has 0 aliphatic carbocycles. The van der Waals surface area contributed by atoms with Gasteiger partial charge in [0.15, 0.2) is 5.82 Å². The van der Waals surface area contributed by atoms with Crippen LogP contribution in [0.3, 0.4) is 0 Å². The van der Waals surface area contributed by atoms with Gasteiger partial charge >= 0.3 is 0 Å². The standard InChI is InChI=1S/C14H16FN5O.ClH/c1-9(10-5-16-6-10)14(21)19-11-2-3-13(12(15)4-11)20-8-17-7-18-20;/h2-4,7-10,16H,5-6H2,1H3,(H,19,21);1H. The first kappa shape index (κ1) is 16.4. The summed E-state index contributed by atoms with van der Waals surface area (Å²) in [7, 11) is 0. The quantitative estimate of drug-likeness (QED) is 0.896. The molecule has 3 rings (SSSR count). The lowest BCUT2D eigenvalue weighted by atomic mass is 9.88. The van der Waals surface area contributed by atoms with Gasteiger partial charge in [-0.15, -0.1) is 12.4 Å². The van der Waals surface area contributed by atoms with Crippen molar-refractivity contribution in [1.29, 1.82) is 0 Å². The first-order valence-electron chi connectivity index (χ1n) is 6.81. The molecule has 0 saturated carbocycles. The van der Waals surface area contributed by atoms with E-state index in [0.717, 1.165) is 13.1 Å². The molecule has 1 unspecified atom stereocenters. The highest BCUT2D eigenvalue weighted by molar-refractivity contribution is 5.92. The van der Waals surface area contributed by atoms with E-state index in [2.05, 4.69) is 20.7 Å². The molecule has 2 heterocycles. The van der Waals surface area contributed by atoms with Crippen LogP contribution in [0.25, 0.3) is 5.69 Å². The van der Waals surface area contributed by atoms with Crippen LogP contribution in [-0.4, -0.2) is 33.8 Å². The van der Waals surface area contributed by atoms with Crippen molar-refractivity contribution in [2.75, 3.05) is 18.4 Å². The molecule has 2 aromatic rings. The third-order valence-corrected chi connectivity index (χ3v) is 3.81. The average Bonchev–Trinajstić information content (AvgIpc) is 2.90. The number of rotatable bonds is 4. The summed E-state index contributed by atoms with van der Waals surface area (Å²) >= 11 is 0. The Morgan fingerprint density at radius 3 is 2.82 bits per heavy atom. The van der Waals surface area contributed by atoms with E-state index in [4.69, 9.17) is 0 Å². The van der Waals surface area contributed by atoms with Crippen LogP contribution >= 0.6 is 12.4 Å². The zero-order valence-corrected chi connectivity index (χ0v) is 12.8. The number of halogens is 2. The van der Waals surface area contributed by atoms with Gasteiger partial charge in [0.2, 0.25) is 5.91 Å². The molecule has 1 amide bonds. The molecular weight excluding hydrogens is 309 g/mol. The summed E-state index contributed by atoms with van der Waals surface area (Å²) in [5.41, 5.74) is 0.738. The number of anilines is 1. The average molecular weight is 326 g/mol. The molecule has 22 heavy (non-hydrogen) atoms. The maximum atomic E-state index is 14.1. The van der Waals surface area contributed by atoms with E-state index in [1.54, 1.807) is 12.1 Å². The Hall–Kier alpha value is -1.99. The van der Waals surface area contributed by atoms with Crippen LogP contribution in [0.5, 0.6) is 0 Å². The Bertz CT molecular complexity index is 645. The third kappa shape index (κ3) is 3.26. The Balaban J connectivity index is 0.00000176. The third-order valence-electron chi connectivity index (χ3n) is 3.81. The summed E-state index contributed by atoms with van der Waals surface area (Å²) in [6.45, 7) is 3.60. The van der Waals surface area contributed by atoms with Crippen molar-refractivity contribution < 1.29 is 9.18 Å². The maximum absolute atomic E-state index is 14.1. The second-order valence-electron chi connectivity index (χ2n) is 5.20. The fourth-order valence-electron chi connectivity index (χ4n) is 2.24. The number of nitrogens with one attached hydrogen (secondary N) is 2. The van der Waals surface area contributed by atoms with E-state index < -0.39 is 5.82 Å². The van der Waals surface area contributed by atoms with Crippen LogP contribution in [-0.2, 0) is 4.79 Å². The predicted octanol–water partition coefficient (Wildman–Crippen LogP) is 1.62. The van der Waals surface area contributed by atoms with Crippen LogP contribution in [0.2, 0.25) is 0 Å². The molecule has 1 aliphatic rings. The van der Waals surface area contributed by atoms with E-state index in [1.165, 1.54) is 23.4 Å². The predicted molar refractivity (Wildman–Crippen MR) is 82.7 cm³/mol. The number of hydrogen-bond acceptors (Lipinski definition) is 4. The number of aromatic nitrogens is 3. The molecule has 2 N–H and O–H groups in total. The fraction of sp³-hybridized carbons (Fsp3) is 0.357. The molecule has 0 spiro atoms. The van der Waals surface area contributed by atoms with E-state index in [9.17, 15) is 9.18 Å². The summed E-state index contributed by atoms with van der Waals surface area (Å²) < 4.78 is 15.4. The van der Waals surface area contributed by atoms with Crippen LogP contribution in [0.15, 0.2) is 30.9 Å². The minimum atomic E-state index is -0.462. The van der Waals surface area contributed by atoms with Crippen LogP contribution in [0, 0.1) is 17.7 Å². The van der Waals surface area contributed by atoms with Crippen molar-refractivity contribution in [3.63, 3.8) is 0 Å². The molecule has 118 valence electrons. The van der Waals surface area contributed by atoms with E-state index in [1.807, 2.05) is 6.92 Å². The van der Waals surface area contributed by atoms with Crippen molar-refractivity contribution in [2.24, 2.45) is 11.8 Å². The number of benzene rings is 1. The smallest absolute Gasteiger partial charge is 0.227 e. The van der Waals surface area contributed by atoms with Crippen molar-refractivity contribution >= 4 is 24.0 Å². The monoisotopic (exact) mass is 325 g/mol. The van der Waals surface area contributed by atoms with Gasteiger partial charge in [0.05, 0.1) is 0 Å². The van der Waals surface area contributed by atoms with Crippen molar-refractivity contribution in [3.05, 3.63) is 36.7 Å². The molecule has 1 atom stereocenters. The van der Waals surface area contributed by atoms with Gasteiger partial charge in [-0.05, 0) is 37.2 Å². The van der Waals surface area contributed by atoms with Crippen LogP contribution in [0.1, 0.15) is 6.92 Å². The summed E-state index contributed by atoms with van der Waals surface area (Å²) in [6.07, 6.45) is 2.76. The van der Waals surface area contributed by atoms with E-state index >= 15 is 0 Å². The van der Waals surface area contributed by atoms with Crippen molar-refractivity contribution in [2.45, 2.75) is 6.92 Å². The fourth-order valence-corrected chi connectivity index (χ4v) is 2.24. The normalized spacial score (nSPS) is 15.5. The molecule has 0 bridgehead atoms. The molecule has 1 saturated heterocycles. The first-order valence-corrected chi connectivity index (χ1v) is 6.81. The van der Waals surface area contributed by atoms with Crippen molar-refractivity contribution in [1.82, 2.24) is 20.1 Å². The van der Waals surface area contributed by atoms with Crippen LogP contribution < -0.4 is 10.6 Å². The summed E-state index contributed by atoms with van der Waals surface area (Å²) in [5.74, 6) is -0.292. The molecule has 8 heteroatoms. The topological polar surface area (TPSA) is 71.8 Å². The van der Waals surface area contributed by atoms with Crippen molar-refractivity contribution in [3.8, 4) is 5.69 Å². The van der Waals surface area contributed by atoms with Gasteiger partial charge in [0.25, 0.3) is 0 Å². The lowest BCUT2D eigenvalue weighted by molar-refractivity contribution is -0.121. The second-order valence-corrected chi connectivity index (χ2v) is 5.20. The van der Waals surface area contributed by atoms with Gasteiger partial charge in [0.1, 0.15) is 18.3 Å². The Morgan fingerprint density at radius 2 is 2.27 bits per heavy atom. The van der Waals surface area contributed by atoms with Gasteiger partial charge in [-0.2, -0.15) is 5.10 Å². The summed E-state index contributed by atoms with van der Waals surface area (Å²) in [5, 5.41) is 9.77.